The number of hydrogen-bond acceptors (Lipinski definition) is 4. The number of nitrogens with one attached hydrogen (secondary N) is 1. The van der Waals surface area contributed by atoms with E-state index in [1.807, 2.05) is 6.07 Å². The summed E-state index contributed by atoms with van der Waals surface area (Å²) in [4.78, 5) is 12.0. The van der Waals surface area contributed by atoms with Crippen LogP contribution < -0.4 is 5.32 Å². The summed E-state index contributed by atoms with van der Waals surface area (Å²) < 4.78 is 26.2. The number of sulfonamides is 1. The van der Waals surface area contributed by atoms with Gasteiger partial charge in [-0.05, 0) is 29.8 Å². The number of nitrogens with zero attached hydrogens (tertiary/aromatic N) is 2. The van der Waals surface area contributed by atoms with Crippen LogP contribution in [-0.2, 0) is 16.6 Å². The predicted octanol–water partition coefficient (Wildman–Crippen LogP) is 3.60. The fourth-order valence-corrected chi connectivity index (χ4v) is 4.60. The molecule has 1 aliphatic rings. The van der Waals surface area contributed by atoms with Gasteiger partial charge in [0.05, 0.1) is 28.9 Å². The standard InChI is InChI=1S/C15H9Cl2N3O3S/c16-11-5-12(17)14-13(6-11)19-15(21)20(24(14,22)23)8-10-3-1-9(7-18)2-4-10/h1-6H,8H2,(H,19,21). The zero-order valence-corrected chi connectivity index (χ0v) is 14.3. The molecule has 9 heteroatoms. The maximum absolute atomic E-state index is 12.8. The highest BCUT2D eigenvalue weighted by Crippen LogP contribution is 2.38. The van der Waals surface area contributed by atoms with Crippen LogP contribution in [0.5, 0.6) is 0 Å². The van der Waals surface area contributed by atoms with Gasteiger partial charge in [0.25, 0.3) is 10.0 Å². The third kappa shape index (κ3) is 2.80. The number of benzene rings is 2. The SMILES string of the molecule is N#Cc1ccc(CN2C(=O)Nc3cc(Cl)cc(Cl)c3S2(=O)=O)cc1. The number of carbonyl (C=O) groups is 1. The van der Waals surface area contributed by atoms with E-state index in [2.05, 4.69) is 5.32 Å². The highest BCUT2D eigenvalue weighted by atomic mass is 35.5. The molecule has 2 amide bonds. The molecule has 0 radical (unpaired) electrons. The third-order valence-electron chi connectivity index (χ3n) is 3.43. The monoisotopic (exact) mass is 381 g/mol. The van der Waals surface area contributed by atoms with E-state index in [9.17, 15) is 13.2 Å². The third-order valence-corrected chi connectivity index (χ3v) is 5.89. The molecule has 2 aromatic carbocycles. The second kappa shape index (κ2) is 5.98. The summed E-state index contributed by atoms with van der Waals surface area (Å²) >= 11 is 11.9. The highest BCUT2D eigenvalue weighted by molar-refractivity contribution is 7.90. The fourth-order valence-electron chi connectivity index (χ4n) is 2.32. The van der Waals surface area contributed by atoms with Gasteiger partial charge in [0.15, 0.2) is 0 Å². The Morgan fingerprint density at radius 2 is 1.83 bits per heavy atom. The maximum atomic E-state index is 12.8. The van der Waals surface area contributed by atoms with Gasteiger partial charge in [-0.15, -0.1) is 0 Å². The number of anilines is 1. The number of amides is 2. The van der Waals surface area contributed by atoms with Gasteiger partial charge in [-0.3, -0.25) is 0 Å². The Morgan fingerprint density at radius 1 is 1.17 bits per heavy atom. The van der Waals surface area contributed by atoms with Crippen LogP contribution in [0.25, 0.3) is 0 Å². The van der Waals surface area contributed by atoms with Crippen molar-refractivity contribution in [3.63, 3.8) is 0 Å². The normalized spacial score (nSPS) is 15.4. The number of carbonyl (C=O) groups excluding carboxylic acids is 1. The maximum Gasteiger partial charge on any atom is 0.336 e. The van der Waals surface area contributed by atoms with Crippen molar-refractivity contribution < 1.29 is 13.2 Å². The first-order valence-corrected chi connectivity index (χ1v) is 8.84. The molecule has 1 N–H and O–H groups in total. The van der Waals surface area contributed by atoms with Crippen LogP contribution >= 0.6 is 23.2 Å². The zero-order chi connectivity index (χ0) is 17.5. The first-order valence-electron chi connectivity index (χ1n) is 6.65. The van der Waals surface area contributed by atoms with Crippen molar-refractivity contribution in [2.45, 2.75) is 11.4 Å². The Hall–Kier alpha value is -2.27. The van der Waals surface area contributed by atoms with Crippen molar-refractivity contribution in [3.8, 4) is 6.07 Å². The van der Waals surface area contributed by atoms with E-state index < -0.39 is 16.1 Å². The molecule has 0 atom stereocenters. The summed E-state index contributed by atoms with van der Waals surface area (Å²) in [6, 6.07) is 10.1. The van der Waals surface area contributed by atoms with Crippen LogP contribution in [0.15, 0.2) is 41.3 Å². The quantitative estimate of drug-likeness (QED) is 0.859. The van der Waals surface area contributed by atoms with E-state index in [4.69, 9.17) is 28.5 Å². The molecule has 1 aliphatic heterocycles. The molecule has 6 nitrogen and oxygen atoms in total. The number of nitriles is 1. The predicted molar refractivity (Wildman–Crippen MR) is 89.4 cm³/mol. The molecule has 122 valence electrons. The van der Waals surface area contributed by atoms with Gasteiger partial charge in [-0.1, -0.05) is 35.3 Å². The molecule has 1 heterocycles. The van der Waals surface area contributed by atoms with Gasteiger partial charge in [0.2, 0.25) is 0 Å². The van der Waals surface area contributed by atoms with Crippen molar-refractivity contribution in [1.82, 2.24) is 4.31 Å². The second-order valence-electron chi connectivity index (χ2n) is 5.01. The summed E-state index contributed by atoms with van der Waals surface area (Å²) in [6.45, 7) is -0.182. The lowest BCUT2D eigenvalue weighted by atomic mass is 10.1. The van der Waals surface area contributed by atoms with Gasteiger partial charge >= 0.3 is 6.03 Å². The average Bonchev–Trinajstić information content (AvgIpc) is 2.50. The first kappa shape index (κ1) is 16.6. The molecule has 0 fully saturated rings. The summed E-state index contributed by atoms with van der Waals surface area (Å²) in [5, 5.41) is 11.4. The van der Waals surface area contributed by atoms with E-state index in [1.54, 1.807) is 24.3 Å². The minimum absolute atomic E-state index is 0.0496. The lowest BCUT2D eigenvalue weighted by Crippen LogP contribution is -2.43. The van der Waals surface area contributed by atoms with E-state index in [-0.39, 0.29) is 27.2 Å². The first-order chi connectivity index (χ1) is 11.3. The van der Waals surface area contributed by atoms with E-state index in [0.717, 1.165) is 0 Å². The zero-order valence-electron chi connectivity index (χ0n) is 12.0. The van der Waals surface area contributed by atoms with Crippen molar-refractivity contribution in [2.75, 3.05) is 5.32 Å². The largest absolute Gasteiger partial charge is 0.336 e. The van der Waals surface area contributed by atoms with Crippen LogP contribution in [-0.4, -0.2) is 18.8 Å². The molecule has 0 saturated heterocycles. The van der Waals surface area contributed by atoms with E-state index in [0.29, 0.717) is 15.4 Å². The van der Waals surface area contributed by atoms with Gasteiger partial charge in [-0.2, -0.15) is 5.26 Å². The number of halogens is 2. The summed E-state index contributed by atoms with van der Waals surface area (Å²) in [5.41, 5.74) is 1.04. The number of hydrogen-bond donors (Lipinski definition) is 1. The molecule has 24 heavy (non-hydrogen) atoms. The second-order valence-corrected chi connectivity index (χ2v) is 7.66. The van der Waals surface area contributed by atoms with E-state index in [1.165, 1.54) is 12.1 Å². The molecule has 2 aromatic rings. The van der Waals surface area contributed by atoms with Gasteiger partial charge in [0.1, 0.15) is 4.90 Å². The van der Waals surface area contributed by atoms with Crippen LogP contribution in [0.3, 0.4) is 0 Å². The topological polar surface area (TPSA) is 90.3 Å². The fraction of sp³-hybridized carbons (Fsp3) is 0.0667. The van der Waals surface area contributed by atoms with Crippen molar-refractivity contribution in [2.24, 2.45) is 0 Å². The number of fused-ring (bicyclic) bond motifs is 1. The van der Waals surface area contributed by atoms with Gasteiger partial charge in [0, 0.05) is 5.02 Å². The lowest BCUT2D eigenvalue weighted by Gasteiger charge is -2.29. The summed E-state index contributed by atoms with van der Waals surface area (Å²) in [6.07, 6.45) is 0. The van der Waals surface area contributed by atoms with Gasteiger partial charge < -0.3 is 5.32 Å². The van der Waals surface area contributed by atoms with Crippen LogP contribution in [0.2, 0.25) is 10.0 Å². The molecular formula is C15H9Cl2N3O3S. The molecule has 0 saturated carbocycles. The summed E-state index contributed by atoms with van der Waals surface area (Å²) in [7, 11) is -4.13. The highest BCUT2D eigenvalue weighted by Gasteiger charge is 2.38. The van der Waals surface area contributed by atoms with Crippen molar-refractivity contribution >= 4 is 44.9 Å². The lowest BCUT2D eigenvalue weighted by molar-refractivity contribution is 0.233. The van der Waals surface area contributed by atoms with Gasteiger partial charge in [-0.25, -0.2) is 17.5 Å². The Bertz CT molecular complexity index is 982. The Kier molecular flexibility index (Phi) is 4.13. The number of rotatable bonds is 2. The average molecular weight is 382 g/mol. The Balaban J connectivity index is 2.03. The van der Waals surface area contributed by atoms with Crippen molar-refractivity contribution in [1.29, 1.82) is 5.26 Å². The van der Waals surface area contributed by atoms with Crippen molar-refractivity contribution in [3.05, 3.63) is 57.6 Å². The smallest absolute Gasteiger partial charge is 0.306 e. The van der Waals surface area contributed by atoms with E-state index >= 15 is 0 Å². The summed E-state index contributed by atoms with van der Waals surface area (Å²) in [5.74, 6) is 0. The Labute approximate surface area is 148 Å². The molecule has 3 rings (SSSR count). The van der Waals surface area contributed by atoms with Crippen LogP contribution in [0.1, 0.15) is 11.1 Å². The number of urea groups is 1. The Morgan fingerprint density at radius 3 is 2.46 bits per heavy atom. The molecule has 0 unspecified atom stereocenters. The molecular weight excluding hydrogens is 373 g/mol. The minimum atomic E-state index is -4.13. The molecule has 0 bridgehead atoms. The molecule has 0 spiro atoms. The molecule has 0 aliphatic carbocycles. The minimum Gasteiger partial charge on any atom is -0.306 e. The van der Waals surface area contributed by atoms with Crippen LogP contribution in [0.4, 0.5) is 10.5 Å². The van der Waals surface area contributed by atoms with Crippen LogP contribution in [0, 0.1) is 11.3 Å². The molecule has 0 aromatic heterocycles.